The van der Waals surface area contributed by atoms with Crippen molar-refractivity contribution in [3.63, 3.8) is 0 Å². The molecule has 4 N–H and O–H groups in total. The van der Waals surface area contributed by atoms with Crippen LogP contribution in [0.5, 0.6) is 0 Å². The first-order valence-electron chi connectivity index (χ1n) is 6.90. The van der Waals surface area contributed by atoms with Crippen molar-refractivity contribution in [3.05, 3.63) is 76.2 Å². The highest BCUT2D eigenvalue weighted by Gasteiger charge is 2.10. The number of H-pyrrole nitrogens is 1. The number of nitrogens with two attached hydrogens (primary N) is 1. The van der Waals surface area contributed by atoms with Gasteiger partial charge in [-0.15, -0.1) is 0 Å². The first kappa shape index (κ1) is 14.0. The van der Waals surface area contributed by atoms with Gasteiger partial charge >= 0.3 is 0 Å². The number of carbonyl (C=O) groups is 1. The van der Waals surface area contributed by atoms with Crippen molar-refractivity contribution in [3.8, 4) is 0 Å². The number of benzene rings is 2. The van der Waals surface area contributed by atoms with E-state index in [0.717, 1.165) is 10.9 Å². The van der Waals surface area contributed by atoms with Crippen LogP contribution in [0.2, 0.25) is 0 Å². The van der Waals surface area contributed by atoms with Crippen molar-refractivity contribution in [2.75, 3.05) is 5.32 Å². The predicted molar refractivity (Wildman–Crippen MR) is 86.9 cm³/mol. The number of fused-ring (bicyclic) bond motifs is 1. The number of pyridine rings is 1. The first-order valence-corrected chi connectivity index (χ1v) is 6.90. The van der Waals surface area contributed by atoms with Crippen LogP contribution in [-0.4, -0.2) is 10.9 Å². The zero-order chi connectivity index (χ0) is 15.5. The number of hydrogen-bond acceptors (Lipinski definition) is 3. The minimum absolute atomic E-state index is 0.224. The summed E-state index contributed by atoms with van der Waals surface area (Å²) in [6, 6.07) is 16.1. The second kappa shape index (κ2) is 5.83. The molecule has 1 heterocycles. The molecule has 0 spiro atoms. The lowest BCUT2D eigenvalue weighted by molar-refractivity contribution is 0.102. The van der Waals surface area contributed by atoms with Gasteiger partial charge in [0.15, 0.2) is 0 Å². The third-order valence-corrected chi connectivity index (χ3v) is 3.42. The zero-order valence-corrected chi connectivity index (χ0v) is 11.8. The van der Waals surface area contributed by atoms with Gasteiger partial charge in [-0.2, -0.15) is 0 Å². The molecule has 0 radical (unpaired) electrons. The number of aromatic amines is 1. The Labute approximate surface area is 126 Å². The molecule has 0 saturated carbocycles. The van der Waals surface area contributed by atoms with E-state index in [-0.39, 0.29) is 17.2 Å². The quantitative estimate of drug-likeness (QED) is 0.692. The molecule has 1 amide bonds. The molecular formula is C17H15N3O2. The van der Waals surface area contributed by atoms with Crippen LogP contribution < -0.4 is 16.6 Å². The number of carbonyl (C=O) groups excluding carboxylic acids is 1. The lowest BCUT2D eigenvalue weighted by atomic mass is 10.1. The second-order valence-electron chi connectivity index (χ2n) is 4.96. The molecule has 110 valence electrons. The SMILES string of the molecule is NCc1cccc(NC(=O)c2cc3ccccc3c(=O)[nH]2)c1. The minimum Gasteiger partial charge on any atom is -0.326 e. The zero-order valence-electron chi connectivity index (χ0n) is 11.8. The molecule has 0 fully saturated rings. The van der Waals surface area contributed by atoms with Gasteiger partial charge in [-0.1, -0.05) is 30.3 Å². The van der Waals surface area contributed by atoms with Crippen molar-refractivity contribution >= 4 is 22.4 Å². The van der Waals surface area contributed by atoms with Gasteiger partial charge in [-0.3, -0.25) is 9.59 Å². The molecule has 0 unspecified atom stereocenters. The molecule has 5 nitrogen and oxygen atoms in total. The standard InChI is InChI=1S/C17H15N3O2/c18-10-11-4-3-6-13(8-11)19-17(22)15-9-12-5-1-2-7-14(12)16(21)20-15/h1-9H,10,18H2,(H,19,22)(H,20,21). The molecule has 0 saturated heterocycles. The maximum absolute atomic E-state index is 12.3. The highest BCUT2D eigenvalue weighted by Crippen LogP contribution is 2.13. The Balaban J connectivity index is 1.93. The van der Waals surface area contributed by atoms with Crippen molar-refractivity contribution in [1.82, 2.24) is 4.98 Å². The summed E-state index contributed by atoms with van der Waals surface area (Å²) < 4.78 is 0. The average molecular weight is 293 g/mol. The van der Waals surface area contributed by atoms with E-state index >= 15 is 0 Å². The molecule has 0 atom stereocenters. The summed E-state index contributed by atoms with van der Waals surface area (Å²) in [7, 11) is 0. The molecule has 5 heteroatoms. The smallest absolute Gasteiger partial charge is 0.272 e. The molecular weight excluding hydrogens is 278 g/mol. The number of hydrogen-bond donors (Lipinski definition) is 3. The van der Waals surface area contributed by atoms with Crippen LogP contribution in [0.1, 0.15) is 16.1 Å². The summed E-state index contributed by atoms with van der Waals surface area (Å²) in [6.07, 6.45) is 0. The summed E-state index contributed by atoms with van der Waals surface area (Å²) in [5, 5.41) is 4.05. The van der Waals surface area contributed by atoms with Crippen LogP contribution in [0, 0.1) is 0 Å². The van der Waals surface area contributed by atoms with Gasteiger partial charge in [-0.05, 0) is 35.2 Å². The molecule has 22 heavy (non-hydrogen) atoms. The van der Waals surface area contributed by atoms with Crippen molar-refractivity contribution in [2.45, 2.75) is 6.54 Å². The molecule has 0 aliphatic heterocycles. The summed E-state index contributed by atoms with van der Waals surface area (Å²) >= 11 is 0. The van der Waals surface area contributed by atoms with E-state index in [9.17, 15) is 9.59 Å². The van der Waals surface area contributed by atoms with Gasteiger partial charge in [0.2, 0.25) is 0 Å². The lowest BCUT2D eigenvalue weighted by Crippen LogP contribution is -2.19. The summed E-state index contributed by atoms with van der Waals surface area (Å²) in [4.78, 5) is 26.9. The fraction of sp³-hybridized carbons (Fsp3) is 0.0588. The molecule has 0 bridgehead atoms. The monoisotopic (exact) mass is 293 g/mol. The number of anilines is 1. The van der Waals surface area contributed by atoms with Gasteiger partial charge in [0.1, 0.15) is 5.69 Å². The third-order valence-electron chi connectivity index (χ3n) is 3.42. The van der Waals surface area contributed by atoms with Crippen LogP contribution in [0.15, 0.2) is 59.4 Å². The van der Waals surface area contributed by atoms with E-state index in [0.29, 0.717) is 17.6 Å². The highest BCUT2D eigenvalue weighted by atomic mass is 16.2. The van der Waals surface area contributed by atoms with Crippen LogP contribution in [0.4, 0.5) is 5.69 Å². The van der Waals surface area contributed by atoms with Gasteiger partial charge in [-0.25, -0.2) is 0 Å². The largest absolute Gasteiger partial charge is 0.326 e. The fourth-order valence-corrected chi connectivity index (χ4v) is 2.31. The Kier molecular flexibility index (Phi) is 3.72. The van der Waals surface area contributed by atoms with Crippen molar-refractivity contribution in [2.24, 2.45) is 5.73 Å². The van der Waals surface area contributed by atoms with E-state index < -0.39 is 0 Å². The summed E-state index contributed by atoms with van der Waals surface area (Å²) in [6.45, 7) is 0.399. The van der Waals surface area contributed by atoms with Crippen LogP contribution in [-0.2, 0) is 6.54 Å². The normalized spacial score (nSPS) is 10.6. The third kappa shape index (κ3) is 2.75. The van der Waals surface area contributed by atoms with Gasteiger partial charge < -0.3 is 16.0 Å². The van der Waals surface area contributed by atoms with E-state index in [1.165, 1.54) is 0 Å². The maximum Gasteiger partial charge on any atom is 0.272 e. The van der Waals surface area contributed by atoms with Gasteiger partial charge in [0.05, 0.1) is 0 Å². The van der Waals surface area contributed by atoms with Crippen LogP contribution in [0.25, 0.3) is 10.8 Å². The van der Waals surface area contributed by atoms with Crippen LogP contribution in [0.3, 0.4) is 0 Å². The van der Waals surface area contributed by atoms with Gasteiger partial charge in [0, 0.05) is 17.6 Å². The Morgan fingerprint density at radius 2 is 1.91 bits per heavy atom. The van der Waals surface area contributed by atoms with E-state index in [4.69, 9.17) is 5.73 Å². The van der Waals surface area contributed by atoms with E-state index in [1.807, 2.05) is 18.2 Å². The summed E-state index contributed by atoms with van der Waals surface area (Å²) in [5.41, 5.74) is 7.09. The number of aromatic nitrogens is 1. The minimum atomic E-state index is -0.364. The maximum atomic E-state index is 12.3. The number of rotatable bonds is 3. The molecule has 0 aliphatic rings. The van der Waals surface area contributed by atoms with Crippen molar-refractivity contribution in [1.29, 1.82) is 0 Å². The molecule has 3 aromatic rings. The second-order valence-corrected chi connectivity index (χ2v) is 4.96. The van der Waals surface area contributed by atoms with E-state index in [2.05, 4.69) is 10.3 Å². The predicted octanol–water partition coefficient (Wildman–Crippen LogP) is 2.24. The topological polar surface area (TPSA) is 88.0 Å². The molecule has 0 aliphatic carbocycles. The number of nitrogens with one attached hydrogen (secondary N) is 2. The summed E-state index contributed by atoms with van der Waals surface area (Å²) in [5.74, 6) is -0.364. The van der Waals surface area contributed by atoms with Crippen molar-refractivity contribution < 1.29 is 4.79 Å². The Hall–Kier alpha value is -2.92. The average Bonchev–Trinajstić information content (AvgIpc) is 2.55. The van der Waals surface area contributed by atoms with Gasteiger partial charge in [0.25, 0.3) is 11.5 Å². The molecule has 1 aromatic heterocycles. The van der Waals surface area contributed by atoms with Crippen LogP contribution >= 0.6 is 0 Å². The highest BCUT2D eigenvalue weighted by molar-refractivity contribution is 6.04. The number of amides is 1. The van der Waals surface area contributed by atoms with E-state index in [1.54, 1.807) is 36.4 Å². The Morgan fingerprint density at radius 3 is 2.73 bits per heavy atom. The first-order chi connectivity index (χ1) is 10.7. The lowest BCUT2D eigenvalue weighted by Gasteiger charge is -2.07. The fourth-order valence-electron chi connectivity index (χ4n) is 2.31. The Bertz CT molecular complexity index is 900. The molecule has 3 rings (SSSR count). The molecule has 2 aromatic carbocycles. The Morgan fingerprint density at radius 1 is 1.09 bits per heavy atom.